The third-order valence-electron chi connectivity index (χ3n) is 3.17. The van der Waals surface area contributed by atoms with Crippen molar-refractivity contribution in [1.82, 2.24) is 4.98 Å². The number of rotatable bonds is 4. The molecule has 1 amide bonds. The molecule has 104 valence electrons. The molecule has 1 heterocycles. The predicted octanol–water partition coefficient (Wildman–Crippen LogP) is 2.89. The first kappa shape index (κ1) is 14.1. The number of nitrogens with zero attached hydrogens (tertiary/aromatic N) is 1. The number of hydrogen-bond acceptors (Lipinski definition) is 3. The Morgan fingerprint density at radius 2 is 2.00 bits per heavy atom. The zero-order chi connectivity index (χ0) is 14.5. The number of ether oxygens (including phenoxy) is 1. The fourth-order valence-electron chi connectivity index (χ4n) is 1.88. The summed E-state index contributed by atoms with van der Waals surface area (Å²) in [5, 5.41) is 2.82. The maximum Gasteiger partial charge on any atom is 0.228 e. The number of benzene rings is 1. The van der Waals surface area contributed by atoms with Crippen LogP contribution in [0.1, 0.15) is 16.7 Å². The highest BCUT2D eigenvalue weighted by Gasteiger charge is 2.05. The zero-order valence-electron chi connectivity index (χ0n) is 11.9. The van der Waals surface area contributed by atoms with E-state index in [1.807, 2.05) is 25.1 Å². The van der Waals surface area contributed by atoms with Crippen LogP contribution in [0.2, 0.25) is 0 Å². The third kappa shape index (κ3) is 3.57. The van der Waals surface area contributed by atoms with Crippen LogP contribution in [-0.2, 0) is 11.2 Å². The van der Waals surface area contributed by atoms with Crippen LogP contribution in [-0.4, -0.2) is 18.0 Å². The van der Waals surface area contributed by atoms with Gasteiger partial charge in [-0.3, -0.25) is 4.79 Å². The lowest BCUT2D eigenvalue weighted by Gasteiger charge is -2.07. The summed E-state index contributed by atoms with van der Waals surface area (Å²) in [6.07, 6.45) is 1.93. The monoisotopic (exact) mass is 270 g/mol. The summed E-state index contributed by atoms with van der Waals surface area (Å²) in [5.74, 6) is 0.470. The van der Waals surface area contributed by atoms with E-state index in [1.165, 1.54) is 11.1 Å². The Morgan fingerprint density at radius 1 is 1.20 bits per heavy atom. The Labute approximate surface area is 118 Å². The molecule has 1 aromatic heterocycles. The molecule has 0 aliphatic rings. The Hall–Kier alpha value is -2.36. The van der Waals surface area contributed by atoms with E-state index in [9.17, 15) is 4.79 Å². The average molecular weight is 270 g/mol. The SMILES string of the molecule is COc1ccc(NC(=O)Cc2ccc(C)c(C)c2)cn1. The molecule has 0 atom stereocenters. The van der Waals surface area contributed by atoms with E-state index in [2.05, 4.69) is 17.2 Å². The molecule has 0 radical (unpaired) electrons. The summed E-state index contributed by atoms with van der Waals surface area (Å²) in [6.45, 7) is 4.10. The second-order valence-electron chi connectivity index (χ2n) is 4.73. The second kappa shape index (κ2) is 6.19. The number of anilines is 1. The van der Waals surface area contributed by atoms with Crippen LogP contribution >= 0.6 is 0 Å². The lowest BCUT2D eigenvalue weighted by atomic mass is 10.0. The normalized spacial score (nSPS) is 10.2. The van der Waals surface area contributed by atoms with Gasteiger partial charge in [-0.05, 0) is 36.6 Å². The van der Waals surface area contributed by atoms with E-state index in [-0.39, 0.29) is 5.91 Å². The molecule has 0 fully saturated rings. The summed E-state index contributed by atoms with van der Waals surface area (Å²) in [7, 11) is 1.56. The van der Waals surface area contributed by atoms with Crippen LogP contribution in [0.25, 0.3) is 0 Å². The van der Waals surface area contributed by atoms with E-state index in [0.29, 0.717) is 18.0 Å². The van der Waals surface area contributed by atoms with Gasteiger partial charge in [-0.1, -0.05) is 18.2 Å². The first-order chi connectivity index (χ1) is 9.58. The zero-order valence-corrected chi connectivity index (χ0v) is 11.9. The fraction of sp³-hybridized carbons (Fsp3) is 0.250. The number of methoxy groups -OCH3 is 1. The molecule has 1 aromatic carbocycles. The predicted molar refractivity (Wildman–Crippen MR) is 79.0 cm³/mol. The van der Waals surface area contributed by atoms with E-state index >= 15 is 0 Å². The van der Waals surface area contributed by atoms with Crippen molar-refractivity contribution in [2.75, 3.05) is 12.4 Å². The molecular weight excluding hydrogens is 252 g/mol. The Morgan fingerprint density at radius 3 is 2.60 bits per heavy atom. The number of carbonyl (C=O) groups is 1. The van der Waals surface area contributed by atoms with Gasteiger partial charge in [0, 0.05) is 6.07 Å². The maximum absolute atomic E-state index is 12.0. The van der Waals surface area contributed by atoms with Crippen LogP contribution in [0.15, 0.2) is 36.5 Å². The molecule has 20 heavy (non-hydrogen) atoms. The van der Waals surface area contributed by atoms with E-state index in [1.54, 1.807) is 25.4 Å². The molecule has 4 heteroatoms. The van der Waals surface area contributed by atoms with Crippen LogP contribution in [0, 0.1) is 13.8 Å². The topological polar surface area (TPSA) is 51.2 Å². The Balaban J connectivity index is 1.99. The van der Waals surface area contributed by atoms with Crippen molar-refractivity contribution in [2.45, 2.75) is 20.3 Å². The molecule has 0 unspecified atom stereocenters. The van der Waals surface area contributed by atoms with Gasteiger partial charge in [0.05, 0.1) is 25.4 Å². The highest BCUT2D eigenvalue weighted by molar-refractivity contribution is 5.92. The van der Waals surface area contributed by atoms with Crippen molar-refractivity contribution in [3.05, 3.63) is 53.2 Å². The smallest absolute Gasteiger partial charge is 0.228 e. The molecule has 4 nitrogen and oxygen atoms in total. The quantitative estimate of drug-likeness (QED) is 0.929. The van der Waals surface area contributed by atoms with Crippen LogP contribution in [0.5, 0.6) is 5.88 Å². The van der Waals surface area contributed by atoms with Crippen molar-refractivity contribution in [1.29, 1.82) is 0 Å². The number of aryl methyl sites for hydroxylation is 2. The standard InChI is InChI=1S/C16H18N2O2/c1-11-4-5-13(8-12(11)2)9-15(19)18-14-6-7-16(20-3)17-10-14/h4-8,10H,9H2,1-3H3,(H,18,19). The average Bonchev–Trinajstić information content (AvgIpc) is 2.44. The minimum absolute atomic E-state index is 0.0554. The summed E-state index contributed by atoms with van der Waals surface area (Å²) in [6, 6.07) is 9.54. The van der Waals surface area contributed by atoms with Crippen LogP contribution in [0.4, 0.5) is 5.69 Å². The van der Waals surface area contributed by atoms with Crippen molar-refractivity contribution in [3.8, 4) is 5.88 Å². The number of carbonyl (C=O) groups excluding carboxylic acids is 1. The van der Waals surface area contributed by atoms with E-state index in [0.717, 1.165) is 5.56 Å². The lowest BCUT2D eigenvalue weighted by Crippen LogP contribution is -2.14. The summed E-state index contributed by atoms with van der Waals surface area (Å²) in [4.78, 5) is 16.0. The lowest BCUT2D eigenvalue weighted by molar-refractivity contribution is -0.115. The van der Waals surface area contributed by atoms with Gasteiger partial charge >= 0.3 is 0 Å². The largest absolute Gasteiger partial charge is 0.481 e. The van der Waals surface area contributed by atoms with Gasteiger partial charge in [0.15, 0.2) is 0 Å². The number of pyridine rings is 1. The van der Waals surface area contributed by atoms with Gasteiger partial charge in [0.1, 0.15) is 0 Å². The fourth-order valence-corrected chi connectivity index (χ4v) is 1.88. The summed E-state index contributed by atoms with van der Waals surface area (Å²) >= 11 is 0. The molecule has 0 aliphatic carbocycles. The summed E-state index contributed by atoms with van der Waals surface area (Å²) in [5.41, 5.74) is 4.10. The number of nitrogens with one attached hydrogen (secondary N) is 1. The molecule has 1 N–H and O–H groups in total. The van der Waals surface area contributed by atoms with Gasteiger partial charge in [0.2, 0.25) is 11.8 Å². The molecule has 2 rings (SSSR count). The van der Waals surface area contributed by atoms with Gasteiger partial charge in [0.25, 0.3) is 0 Å². The highest BCUT2D eigenvalue weighted by atomic mass is 16.5. The van der Waals surface area contributed by atoms with Crippen molar-refractivity contribution in [3.63, 3.8) is 0 Å². The minimum atomic E-state index is -0.0554. The number of aromatic nitrogens is 1. The first-order valence-electron chi connectivity index (χ1n) is 6.44. The van der Waals surface area contributed by atoms with Gasteiger partial charge < -0.3 is 10.1 Å². The van der Waals surface area contributed by atoms with Gasteiger partial charge in [-0.15, -0.1) is 0 Å². The minimum Gasteiger partial charge on any atom is -0.481 e. The molecule has 0 saturated carbocycles. The van der Waals surface area contributed by atoms with Gasteiger partial charge in [-0.2, -0.15) is 0 Å². The molecular formula is C16H18N2O2. The summed E-state index contributed by atoms with van der Waals surface area (Å²) < 4.78 is 4.97. The van der Waals surface area contributed by atoms with E-state index in [4.69, 9.17) is 4.74 Å². The van der Waals surface area contributed by atoms with Crippen LogP contribution in [0.3, 0.4) is 0 Å². The number of hydrogen-bond donors (Lipinski definition) is 1. The van der Waals surface area contributed by atoms with Crippen molar-refractivity contribution >= 4 is 11.6 Å². The maximum atomic E-state index is 12.0. The van der Waals surface area contributed by atoms with Crippen LogP contribution < -0.4 is 10.1 Å². The second-order valence-corrected chi connectivity index (χ2v) is 4.73. The molecule has 0 bridgehead atoms. The number of amides is 1. The third-order valence-corrected chi connectivity index (χ3v) is 3.17. The molecule has 2 aromatic rings. The van der Waals surface area contributed by atoms with E-state index < -0.39 is 0 Å². The van der Waals surface area contributed by atoms with Crippen molar-refractivity contribution in [2.24, 2.45) is 0 Å². The Bertz CT molecular complexity index is 606. The Kier molecular flexibility index (Phi) is 4.35. The molecule has 0 saturated heterocycles. The highest BCUT2D eigenvalue weighted by Crippen LogP contribution is 2.13. The first-order valence-corrected chi connectivity index (χ1v) is 6.44. The van der Waals surface area contributed by atoms with Gasteiger partial charge in [-0.25, -0.2) is 4.98 Å². The van der Waals surface area contributed by atoms with Crippen molar-refractivity contribution < 1.29 is 9.53 Å². The molecule has 0 aliphatic heterocycles. The molecule has 0 spiro atoms.